The van der Waals surface area contributed by atoms with Gasteiger partial charge in [-0.25, -0.2) is 4.79 Å². The van der Waals surface area contributed by atoms with E-state index in [1.165, 1.54) is 0 Å². The molecule has 0 amide bonds. The SMILES string of the molecule is NC12C(=O)OC(=O)C1C1C(=O)OC(=O)C12. The second-order valence-corrected chi connectivity index (χ2v) is 3.86. The van der Waals surface area contributed by atoms with Gasteiger partial charge in [-0.2, -0.15) is 0 Å². The van der Waals surface area contributed by atoms with Crippen LogP contribution < -0.4 is 5.73 Å². The van der Waals surface area contributed by atoms with Gasteiger partial charge in [0.15, 0.2) is 0 Å². The fraction of sp³-hybridized carbons (Fsp3) is 0.500. The Balaban J connectivity index is 2.12. The standard InChI is InChI=1S/C8H5NO6/c9-8-2-1(4(10)14-5(2)11)3(8)6(12)15-7(8)13/h1-3H,9H2. The number of esters is 4. The molecular weight excluding hydrogens is 206 g/mol. The Hall–Kier alpha value is -1.76. The van der Waals surface area contributed by atoms with Crippen LogP contribution >= 0.6 is 0 Å². The van der Waals surface area contributed by atoms with Gasteiger partial charge in [-0.15, -0.1) is 0 Å². The highest BCUT2D eigenvalue weighted by molar-refractivity contribution is 6.14. The molecule has 0 bridgehead atoms. The van der Waals surface area contributed by atoms with E-state index in [0.717, 1.165) is 0 Å². The lowest BCUT2D eigenvalue weighted by Crippen LogP contribution is -2.71. The number of carbonyl (C=O) groups excluding carboxylic acids is 4. The number of cyclic esters (lactones) is 4. The van der Waals surface area contributed by atoms with Crippen molar-refractivity contribution in [2.45, 2.75) is 5.54 Å². The van der Waals surface area contributed by atoms with Crippen LogP contribution in [0.25, 0.3) is 0 Å². The van der Waals surface area contributed by atoms with Gasteiger partial charge in [0.05, 0.1) is 5.92 Å². The molecule has 78 valence electrons. The van der Waals surface area contributed by atoms with E-state index in [2.05, 4.69) is 9.47 Å². The van der Waals surface area contributed by atoms with Gasteiger partial charge in [-0.1, -0.05) is 0 Å². The molecule has 1 aliphatic carbocycles. The average molecular weight is 211 g/mol. The van der Waals surface area contributed by atoms with Crippen LogP contribution in [-0.2, 0) is 28.7 Å². The van der Waals surface area contributed by atoms with E-state index in [0.29, 0.717) is 0 Å². The topological polar surface area (TPSA) is 113 Å². The van der Waals surface area contributed by atoms with Crippen molar-refractivity contribution in [1.29, 1.82) is 0 Å². The number of nitrogens with two attached hydrogens (primary N) is 1. The molecule has 4 atom stereocenters. The monoisotopic (exact) mass is 211 g/mol. The van der Waals surface area contributed by atoms with Gasteiger partial charge < -0.3 is 15.2 Å². The summed E-state index contributed by atoms with van der Waals surface area (Å²) in [6.45, 7) is 0. The highest BCUT2D eigenvalue weighted by atomic mass is 16.6. The maximum atomic E-state index is 11.3. The van der Waals surface area contributed by atoms with Crippen molar-refractivity contribution >= 4 is 23.9 Å². The summed E-state index contributed by atoms with van der Waals surface area (Å²) in [6.07, 6.45) is 0. The first-order valence-electron chi connectivity index (χ1n) is 4.28. The Morgan fingerprint density at radius 2 is 1.47 bits per heavy atom. The van der Waals surface area contributed by atoms with Gasteiger partial charge in [-0.05, 0) is 0 Å². The quantitative estimate of drug-likeness (QED) is 0.354. The minimum atomic E-state index is -1.69. The van der Waals surface area contributed by atoms with Crippen LogP contribution in [-0.4, -0.2) is 29.4 Å². The minimum Gasteiger partial charge on any atom is -0.393 e. The summed E-state index contributed by atoms with van der Waals surface area (Å²) in [5.41, 5.74) is 3.94. The van der Waals surface area contributed by atoms with Crippen molar-refractivity contribution in [1.82, 2.24) is 0 Å². The third-order valence-electron chi connectivity index (χ3n) is 3.28. The van der Waals surface area contributed by atoms with Crippen LogP contribution in [0.3, 0.4) is 0 Å². The molecule has 3 rings (SSSR count). The van der Waals surface area contributed by atoms with Crippen LogP contribution in [0.15, 0.2) is 0 Å². The minimum absolute atomic E-state index is 0.803. The van der Waals surface area contributed by atoms with Crippen molar-refractivity contribution in [2.24, 2.45) is 23.5 Å². The second kappa shape index (κ2) is 2.08. The average Bonchev–Trinajstić information content (AvgIpc) is 2.43. The Labute approximate surface area is 82.5 Å². The molecule has 0 aromatic rings. The largest absolute Gasteiger partial charge is 0.393 e. The molecule has 7 heteroatoms. The molecule has 0 aromatic carbocycles. The summed E-state index contributed by atoms with van der Waals surface area (Å²) >= 11 is 0. The van der Waals surface area contributed by atoms with E-state index >= 15 is 0 Å². The van der Waals surface area contributed by atoms with Crippen LogP contribution in [0.2, 0.25) is 0 Å². The van der Waals surface area contributed by atoms with E-state index in [1.807, 2.05) is 0 Å². The molecule has 15 heavy (non-hydrogen) atoms. The fourth-order valence-electron chi connectivity index (χ4n) is 2.54. The normalized spacial score (nSPS) is 46.9. The zero-order chi connectivity index (χ0) is 11.0. The zero-order valence-corrected chi connectivity index (χ0v) is 7.26. The highest BCUT2D eigenvalue weighted by Gasteiger charge is 2.80. The van der Waals surface area contributed by atoms with Crippen molar-refractivity contribution in [3.63, 3.8) is 0 Å². The van der Waals surface area contributed by atoms with Gasteiger partial charge in [0, 0.05) is 0 Å². The fourth-order valence-corrected chi connectivity index (χ4v) is 2.54. The van der Waals surface area contributed by atoms with Crippen LogP contribution in [0.5, 0.6) is 0 Å². The maximum absolute atomic E-state index is 11.3. The molecule has 0 spiro atoms. The third-order valence-corrected chi connectivity index (χ3v) is 3.28. The molecular formula is C8H5NO6. The van der Waals surface area contributed by atoms with E-state index < -0.39 is 47.2 Å². The predicted molar refractivity (Wildman–Crippen MR) is 39.6 cm³/mol. The molecule has 2 aliphatic heterocycles. The zero-order valence-electron chi connectivity index (χ0n) is 7.26. The first kappa shape index (κ1) is 8.54. The van der Waals surface area contributed by atoms with Gasteiger partial charge in [0.1, 0.15) is 17.4 Å². The van der Waals surface area contributed by atoms with Crippen LogP contribution in [0.1, 0.15) is 0 Å². The number of rotatable bonds is 0. The molecule has 3 aliphatic rings. The van der Waals surface area contributed by atoms with Crippen LogP contribution in [0, 0.1) is 17.8 Å². The van der Waals surface area contributed by atoms with Gasteiger partial charge in [0.25, 0.3) is 0 Å². The molecule has 2 saturated heterocycles. The highest BCUT2D eigenvalue weighted by Crippen LogP contribution is 2.56. The molecule has 3 fully saturated rings. The third kappa shape index (κ3) is 0.656. The molecule has 4 unspecified atom stereocenters. The Morgan fingerprint density at radius 3 is 2.07 bits per heavy atom. The van der Waals surface area contributed by atoms with E-state index in [-0.39, 0.29) is 0 Å². The number of hydrogen-bond acceptors (Lipinski definition) is 7. The van der Waals surface area contributed by atoms with E-state index in [9.17, 15) is 19.2 Å². The first-order chi connectivity index (χ1) is 6.98. The molecule has 1 saturated carbocycles. The number of hydrogen-bond donors (Lipinski definition) is 1. The lowest BCUT2D eigenvalue weighted by Gasteiger charge is -2.42. The summed E-state index contributed by atoms with van der Waals surface area (Å²) in [5.74, 6) is -6.52. The van der Waals surface area contributed by atoms with Crippen molar-refractivity contribution in [2.75, 3.05) is 0 Å². The summed E-state index contributed by atoms with van der Waals surface area (Å²) < 4.78 is 8.65. The molecule has 0 radical (unpaired) electrons. The lowest BCUT2D eigenvalue weighted by molar-refractivity contribution is -0.158. The lowest BCUT2D eigenvalue weighted by atomic mass is 9.54. The Morgan fingerprint density at radius 1 is 0.933 bits per heavy atom. The summed E-state index contributed by atoms with van der Waals surface area (Å²) in [7, 11) is 0. The molecule has 2 heterocycles. The number of ether oxygens (including phenoxy) is 2. The van der Waals surface area contributed by atoms with E-state index in [4.69, 9.17) is 5.73 Å². The van der Waals surface area contributed by atoms with Gasteiger partial charge in [-0.3, -0.25) is 14.4 Å². The summed E-state index contributed by atoms with van der Waals surface area (Å²) in [5, 5.41) is 0. The van der Waals surface area contributed by atoms with E-state index in [1.54, 1.807) is 0 Å². The number of fused-ring (bicyclic) bond motifs is 4. The molecule has 0 aromatic heterocycles. The smallest absolute Gasteiger partial charge is 0.335 e. The van der Waals surface area contributed by atoms with Gasteiger partial charge in [0.2, 0.25) is 0 Å². The molecule has 2 N–H and O–H groups in total. The maximum Gasteiger partial charge on any atom is 0.335 e. The summed E-state index contributed by atoms with van der Waals surface area (Å²) in [6, 6.07) is 0. The van der Waals surface area contributed by atoms with Crippen molar-refractivity contribution < 1.29 is 28.7 Å². The van der Waals surface area contributed by atoms with Crippen molar-refractivity contribution in [3.8, 4) is 0 Å². The molecule has 7 nitrogen and oxygen atoms in total. The predicted octanol–water partition coefficient (Wildman–Crippen LogP) is -2.29. The van der Waals surface area contributed by atoms with Crippen LogP contribution in [0.4, 0.5) is 0 Å². The van der Waals surface area contributed by atoms with Gasteiger partial charge >= 0.3 is 23.9 Å². The Kier molecular flexibility index (Phi) is 1.19. The second-order valence-electron chi connectivity index (χ2n) is 3.86. The number of carbonyl (C=O) groups is 4. The first-order valence-corrected chi connectivity index (χ1v) is 4.28. The Bertz CT molecular complexity index is 424. The summed E-state index contributed by atoms with van der Waals surface area (Å²) in [4.78, 5) is 44.8. The van der Waals surface area contributed by atoms with Crippen molar-refractivity contribution in [3.05, 3.63) is 0 Å².